The molecule has 7 heteroatoms. The molecule has 0 amide bonds. The molecule has 0 saturated carbocycles. The van der Waals surface area contributed by atoms with Crippen molar-refractivity contribution in [1.29, 1.82) is 0 Å². The molecule has 0 unspecified atom stereocenters. The number of rotatable bonds is 1. The molecule has 0 fully saturated rings. The number of nitrogens with one attached hydrogen (secondary N) is 1. The van der Waals surface area contributed by atoms with Crippen molar-refractivity contribution in [2.24, 2.45) is 0 Å². The fourth-order valence-electron chi connectivity index (χ4n) is 0.927. The molecular formula is C7H3Br2ClN4. The Bertz CT molecular complexity index is 470. The Morgan fingerprint density at radius 1 is 1.36 bits per heavy atom. The zero-order valence-corrected chi connectivity index (χ0v) is 10.6. The van der Waals surface area contributed by atoms with E-state index in [0.717, 1.165) is 8.95 Å². The van der Waals surface area contributed by atoms with Gasteiger partial charge in [-0.3, -0.25) is 4.98 Å². The maximum atomic E-state index is 5.61. The van der Waals surface area contributed by atoms with E-state index in [1.165, 1.54) is 0 Å². The highest BCUT2D eigenvalue weighted by molar-refractivity contribution is 9.11. The lowest BCUT2D eigenvalue weighted by atomic mass is 10.3. The van der Waals surface area contributed by atoms with Crippen LogP contribution < -0.4 is 0 Å². The van der Waals surface area contributed by atoms with Crippen molar-refractivity contribution in [1.82, 2.24) is 20.2 Å². The molecule has 0 spiro atoms. The summed E-state index contributed by atoms with van der Waals surface area (Å²) in [5.41, 5.74) is 0.649. The number of aromatic amines is 1. The SMILES string of the molecule is Clc1nc(-c2ncc(Br)cc2Br)n[nH]1. The summed E-state index contributed by atoms with van der Waals surface area (Å²) < 4.78 is 1.69. The maximum Gasteiger partial charge on any atom is 0.218 e. The first-order valence-corrected chi connectivity index (χ1v) is 5.52. The van der Waals surface area contributed by atoms with Gasteiger partial charge in [0.05, 0.1) is 0 Å². The zero-order valence-electron chi connectivity index (χ0n) is 6.63. The Hall–Kier alpha value is -0.460. The number of aromatic nitrogens is 4. The van der Waals surface area contributed by atoms with Crippen molar-refractivity contribution in [2.45, 2.75) is 0 Å². The van der Waals surface area contributed by atoms with Gasteiger partial charge in [0.2, 0.25) is 11.1 Å². The fraction of sp³-hybridized carbons (Fsp3) is 0. The van der Waals surface area contributed by atoms with Gasteiger partial charge in [0.15, 0.2) is 0 Å². The molecule has 0 saturated heterocycles. The van der Waals surface area contributed by atoms with E-state index in [1.54, 1.807) is 6.20 Å². The second-order valence-corrected chi connectivity index (χ2v) is 4.56. The zero-order chi connectivity index (χ0) is 10.1. The van der Waals surface area contributed by atoms with Gasteiger partial charge in [-0.1, -0.05) is 0 Å². The quantitative estimate of drug-likeness (QED) is 0.869. The van der Waals surface area contributed by atoms with Crippen molar-refractivity contribution in [2.75, 3.05) is 0 Å². The highest BCUT2D eigenvalue weighted by Crippen LogP contribution is 2.26. The number of hydrogen-bond donors (Lipinski definition) is 1. The van der Waals surface area contributed by atoms with Crippen LogP contribution in [0.4, 0.5) is 0 Å². The second kappa shape index (κ2) is 3.96. The van der Waals surface area contributed by atoms with E-state index in [0.29, 0.717) is 11.5 Å². The second-order valence-electron chi connectivity index (χ2n) is 2.43. The van der Waals surface area contributed by atoms with Gasteiger partial charge < -0.3 is 0 Å². The lowest BCUT2D eigenvalue weighted by Crippen LogP contribution is -1.87. The molecule has 1 N–H and O–H groups in total. The third kappa shape index (κ3) is 1.97. The molecule has 14 heavy (non-hydrogen) atoms. The molecule has 2 aromatic rings. The van der Waals surface area contributed by atoms with E-state index in [9.17, 15) is 0 Å². The fourth-order valence-corrected chi connectivity index (χ4v) is 2.21. The Labute approximate surface area is 101 Å². The van der Waals surface area contributed by atoms with Gasteiger partial charge >= 0.3 is 0 Å². The number of H-pyrrole nitrogens is 1. The van der Waals surface area contributed by atoms with Gasteiger partial charge in [-0.25, -0.2) is 5.10 Å². The van der Waals surface area contributed by atoms with E-state index < -0.39 is 0 Å². The van der Waals surface area contributed by atoms with Crippen LogP contribution in [0.1, 0.15) is 0 Å². The van der Waals surface area contributed by atoms with Crippen molar-refractivity contribution in [3.05, 3.63) is 26.5 Å². The number of nitrogens with zero attached hydrogens (tertiary/aromatic N) is 3. The third-order valence-corrected chi connectivity index (χ3v) is 2.68. The first kappa shape index (κ1) is 10.1. The van der Waals surface area contributed by atoms with Crippen LogP contribution in [-0.2, 0) is 0 Å². The van der Waals surface area contributed by atoms with Crippen LogP contribution in [0.2, 0.25) is 5.28 Å². The van der Waals surface area contributed by atoms with Crippen LogP contribution in [0.25, 0.3) is 11.5 Å². The molecule has 0 radical (unpaired) electrons. The maximum absolute atomic E-state index is 5.61. The summed E-state index contributed by atoms with van der Waals surface area (Å²) >= 11 is 12.3. The van der Waals surface area contributed by atoms with Crippen LogP contribution in [0.3, 0.4) is 0 Å². The highest BCUT2D eigenvalue weighted by Gasteiger charge is 2.10. The van der Waals surface area contributed by atoms with Gasteiger partial charge in [-0.2, -0.15) is 10.1 Å². The van der Waals surface area contributed by atoms with Crippen molar-refractivity contribution < 1.29 is 0 Å². The highest BCUT2D eigenvalue weighted by atomic mass is 79.9. The number of hydrogen-bond acceptors (Lipinski definition) is 3. The molecule has 0 aliphatic heterocycles. The largest absolute Gasteiger partial charge is 0.250 e. The Morgan fingerprint density at radius 3 is 2.71 bits per heavy atom. The summed E-state index contributed by atoms with van der Waals surface area (Å²) in [7, 11) is 0. The first-order valence-electron chi connectivity index (χ1n) is 3.56. The predicted molar refractivity (Wildman–Crippen MR) is 60.0 cm³/mol. The lowest BCUT2D eigenvalue weighted by molar-refractivity contribution is 1.08. The Morgan fingerprint density at radius 2 is 2.14 bits per heavy atom. The van der Waals surface area contributed by atoms with Crippen molar-refractivity contribution in [3.63, 3.8) is 0 Å². The van der Waals surface area contributed by atoms with Crippen LogP contribution in [0.5, 0.6) is 0 Å². The minimum atomic E-state index is 0.247. The molecule has 0 aliphatic carbocycles. The first-order chi connectivity index (χ1) is 6.66. The lowest BCUT2D eigenvalue weighted by Gasteiger charge is -1.98. The van der Waals surface area contributed by atoms with E-state index in [2.05, 4.69) is 52.0 Å². The van der Waals surface area contributed by atoms with Crippen LogP contribution in [0, 0.1) is 0 Å². The van der Waals surface area contributed by atoms with E-state index in [4.69, 9.17) is 11.6 Å². The summed E-state index contributed by atoms with van der Waals surface area (Å²) in [5, 5.41) is 6.69. The molecule has 2 heterocycles. The van der Waals surface area contributed by atoms with Gasteiger partial charge in [0, 0.05) is 15.1 Å². The molecule has 2 rings (SSSR count). The molecule has 0 bridgehead atoms. The van der Waals surface area contributed by atoms with E-state index >= 15 is 0 Å². The average molecular weight is 338 g/mol. The predicted octanol–water partition coefficient (Wildman–Crippen LogP) is 3.05. The van der Waals surface area contributed by atoms with Gasteiger partial charge in [-0.15, -0.1) is 0 Å². The molecule has 2 aromatic heterocycles. The summed E-state index contributed by atoms with van der Waals surface area (Å²) in [4.78, 5) is 8.13. The van der Waals surface area contributed by atoms with E-state index in [1.807, 2.05) is 6.07 Å². The Kier molecular flexibility index (Phi) is 2.85. The van der Waals surface area contributed by atoms with Crippen LogP contribution in [-0.4, -0.2) is 20.2 Å². The van der Waals surface area contributed by atoms with Gasteiger partial charge in [0.25, 0.3) is 0 Å². The monoisotopic (exact) mass is 336 g/mol. The van der Waals surface area contributed by atoms with Crippen molar-refractivity contribution >= 4 is 43.5 Å². The molecule has 0 atom stereocenters. The van der Waals surface area contributed by atoms with Gasteiger partial charge in [0.1, 0.15) is 5.69 Å². The van der Waals surface area contributed by atoms with E-state index in [-0.39, 0.29) is 5.28 Å². The Balaban J connectivity index is 2.52. The summed E-state index contributed by atoms with van der Waals surface area (Å²) in [6.07, 6.45) is 1.67. The molecular weight excluding hydrogens is 335 g/mol. The van der Waals surface area contributed by atoms with Gasteiger partial charge in [-0.05, 0) is 49.5 Å². The summed E-state index contributed by atoms with van der Waals surface area (Å²) in [6.45, 7) is 0. The summed E-state index contributed by atoms with van der Waals surface area (Å²) in [5.74, 6) is 0.467. The molecule has 0 aliphatic rings. The number of pyridine rings is 1. The minimum absolute atomic E-state index is 0.247. The molecule has 0 aromatic carbocycles. The smallest absolute Gasteiger partial charge is 0.218 e. The normalized spacial score (nSPS) is 10.5. The minimum Gasteiger partial charge on any atom is -0.250 e. The summed E-state index contributed by atoms with van der Waals surface area (Å²) in [6, 6.07) is 1.87. The number of halogens is 3. The average Bonchev–Trinajstić information content (AvgIpc) is 2.51. The standard InChI is InChI=1S/C7H3Br2ClN4/c8-3-1-4(9)5(11-2-3)6-12-7(10)14-13-6/h1-2H,(H,12,13,14). The topological polar surface area (TPSA) is 54.5 Å². The van der Waals surface area contributed by atoms with Crippen LogP contribution in [0.15, 0.2) is 21.2 Å². The van der Waals surface area contributed by atoms with Crippen molar-refractivity contribution in [3.8, 4) is 11.5 Å². The molecule has 72 valence electrons. The van der Waals surface area contributed by atoms with Crippen LogP contribution >= 0.6 is 43.5 Å². The third-order valence-electron chi connectivity index (χ3n) is 1.48. The molecule has 4 nitrogen and oxygen atoms in total.